The quantitative estimate of drug-likeness (QED) is 0.820. The van der Waals surface area contributed by atoms with Crippen molar-refractivity contribution in [2.75, 3.05) is 36.9 Å². The SMILES string of the molecule is CNc1nc(N2CCN3C(=O)CCC3C2)c2cn[nH]c2n1. The van der Waals surface area contributed by atoms with E-state index in [0.29, 0.717) is 18.4 Å². The Morgan fingerprint density at radius 1 is 1.38 bits per heavy atom. The van der Waals surface area contributed by atoms with Crippen LogP contribution in [-0.2, 0) is 4.79 Å². The van der Waals surface area contributed by atoms with Crippen molar-refractivity contribution >= 4 is 28.7 Å². The predicted octanol–water partition coefficient (Wildman–Crippen LogP) is 0.206. The Kier molecular flexibility index (Phi) is 2.69. The van der Waals surface area contributed by atoms with Gasteiger partial charge in [0.1, 0.15) is 5.82 Å². The second kappa shape index (κ2) is 4.57. The molecular weight excluding hydrogens is 270 g/mol. The highest BCUT2D eigenvalue weighted by Gasteiger charge is 2.36. The number of nitrogens with one attached hydrogen (secondary N) is 2. The molecule has 0 bridgehead atoms. The summed E-state index contributed by atoms with van der Waals surface area (Å²) in [5, 5.41) is 10.9. The standard InChI is InChI=1S/C13H17N7O/c1-14-13-16-11-9(6-15-18-11)12(17-13)19-4-5-20-8(7-19)2-3-10(20)21/h6,8H,2-5,7H2,1H3,(H2,14,15,16,17,18). The van der Waals surface area contributed by atoms with E-state index in [1.54, 1.807) is 13.2 Å². The first-order chi connectivity index (χ1) is 10.3. The number of aromatic nitrogens is 4. The van der Waals surface area contributed by atoms with Crippen molar-refractivity contribution in [3.8, 4) is 0 Å². The van der Waals surface area contributed by atoms with E-state index in [9.17, 15) is 4.79 Å². The Labute approximate surface area is 121 Å². The van der Waals surface area contributed by atoms with E-state index in [-0.39, 0.29) is 5.91 Å². The maximum atomic E-state index is 11.8. The smallest absolute Gasteiger partial charge is 0.226 e. The Bertz CT molecular complexity index is 697. The molecule has 1 atom stereocenters. The maximum absolute atomic E-state index is 11.8. The molecule has 0 spiro atoms. The van der Waals surface area contributed by atoms with Gasteiger partial charge in [-0.2, -0.15) is 15.1 Å². The van der Waals surface area contributed by atoms with Gasteiger partial charge in [-0.05, 0) is 6.42 Å². The summed E-state index contributed by atoms with van der Waals surface area (Å²) in [4.78, 5) is 25.0. The number of aromatic amines is 1. The maximum Gasteiger partial charge on any atom is 0.226 e. The molecule has 2 aliphatic rings. The van der Waals surface area contributed by atoms with E-state index in [1.807, 2.05) is 4.90 Å². The van der Waals surface area contributed by atoms with Crippen molar-refractivity contribution in [3.63, 3.8) is 0 Å². The lowest BCUT2D eigenvalue weighted by Gasteiger charge is -2.38. The molecule has 110 valence electrons. The number of rotatable bonds is 2. The number of hydrogen-bond donors (Lipinski definition) is 2. The van der Waals surface area contributed by atoms with Crippen LogP contribution in [-0.4, -0.2) is 63.7 Å². The molecule has 4 heterocycles. The summed E-state index contributed by atoms with van der Waals surface area (Å²) in [6, 6.07) is 0.307. The van der Waals surface area contributed by atoms with Gasteiger partial charge in [-0.3, -0.25) is 9.89 Å². The molecule has 1 unspecified atom stereocenters. The molecule has 0 radical (unpaired) electrons. The highest BCUT2D eigenvalue weighted by Crippen LogP contribution is 2.29. The minimum atomic E-state index is 0.284. The fourth-order valence-electron chi connectivity index (χ4n) is 3.23. The van der Waals surface area contributed by atoms with Crippen LogP contribution in [0.4, 0.5) is 11.8 Å². The summed E-state index contributed by atoms with van der Waals surface area (Å²) in [6.07, 6.45) is 3.37. The molecule has 1 amide bonds. The summed E-state index contributed by atoms with van der Waals surface area (Å²) in [6.45, 7) is 2.39. The zero-order valence-electron chi connectivity index (χ0n) is 11.8. The van der Waals surface area contributed by atoms with Crippen molar-refractivity contribution < 1.29 is 4.79 Å². The number of piperazine rings is 1. The lowest BCUT2D eigenvalue weighted by Crippen LogP contribution is -2.51. The molecule has 8 nitrogen and oxygen atoms in total. The van der Waals surface area contributed by atoms with Gasteiger partial charge in [0.05, 0.1) is 11.6 Å². The second-order valence-electron chi connectivity index (χ2n) is 5.48. The molecule has 0 saturated carbocycles. The fourth-order valence-corrected chi connectivity index (χ4v) is 3.23. The largest absolute Gasteiger partial charge is 0.357 e. The predicted molar refractivity (Wildman–Crippen MR) is 78.2 cm³/mol. The van der Waals surface area contributed by atoms with Gasteiger partial charge in [-0.15, -0.1) is 0 Å². The molecule has 8 heteroatoms. The highest BCUT2D eigenvalue weighted by molar-refractivity contribution is 5.88. The third kappa shape index (κ3) is 1.90. The molecule has 0 aromatic carbocycles. The number of carbonyl (C=O) groups is 1. The Hall–Kier alpha value is -2.38. The summed E-state index contributed by atoms with van der Waals surface area (Å²) < 4.78 is 0. The normalized spacial score (nSPS) is 22.0. The van der Waals surface area contributed by atoms with Crippen LogP contribution in [0.15, 0.2) is 6.20 Å². The molecule has 2 aromatic rings. The van der Waals surface area contributed by atoms with Gasteiger partial charge in [0, 0.05) is 39.1 Å². The van der Waals surface area contributed by atoms with E-state index in [2.05, 4.69) is 30.4 Å². The van der Waals surface area contributed by atoms with E-state index in [1.165, 1.54) is 0 Å². The molecule has 4 rings (SSSR count). The molecule has 0 aliphatic carbocycles. The van der Waals surface area contributed by atoms with Crippen LogP contribution in [0.25, 0.3) is 11.0 Å². The molecule has 2 N–H and O–H groups in total. The summed E-state index contributed by atoms with van der Waals surface area (Å²) in [5.74, 6) is 1.75. The molecular formula is C13H17N7O. The van der Waals surface area contributed by atoms with E-state index >= 15 is 0 Å². The van der Waals surface area contributed by atoms with Crippen molar-refractivity contribution in [3.05, 3.63) is 6.20 Å². The summed E-state index contributed by atoms with van der Waals surface area (Å²) >= 11 is 0. The van der Waals surface area contributed by atoms with Crippen LogP contribution in [0.2, 0.25) is 0 Å². The lowest BCUT2D eigenvalue weighted by atomic mass is 10.1. The molecule has 2 fully saturated rings. The fraction of sp³-hybridized carbons (Fsp3) is 0.538. The third-order valence-electron chi connectivity index (χ3n) is 4.31. The topological polar surface area (TPSA) is 90.0 Å². The van der Waals surface area contributed by atoms with Crippen LogP contribution in [0.1, 0.15) is 12.8 Å². The Morgan fingerprint density at radius 3 is 3.14 bits per heavy atom. The Balaban J connectivity index is 1.70. The van der Waals surface area contributed by atoms with Crippen LogP contribution in [0, 0.1) is 0 Å². The lowest BCUT2D eigenvalue weighted by molar-refractivity contribution is -0.129. The number of amides is 1. The van der Waals surface area contributed by atoms with Gasteiger partial charge >= 0.3 is 0 Å². The van der Waals surface area contributed by atoms with Crippen molar-refractivity contribution in [1.82, 2.24) is 25.1 Å². The van der Waals surface area contributed by atoms with Crippen molar-refractivity contribution in [2.24, 2.45) is 0 Å². The average Bonchev–Trinajstić information content (AvgIpc) is 3.12. The minimum Gasteiger partial charge on any atom is -0.357 e. The highest BCUT2D eigenvalue weighted by atomic mass is 16.2. The monoisotopic (exact) mass is 287 g/mol. The first kappa shape index (κ1) is 12.4. The summed E-state index contributed by atoms with van der Waals surface area (Å²) in [7, 11) is 1.80. The van der Waals surface area contributed by atoms with Crippen LogP contribution in [0.3, 0.4) is 0 Å². The van der Waals surface area contributed by atoms with E-state index in [0.717, 1.165) is 42.9 Å². The van der Waals surface area contributed by atoms with Gasteiger partial charge in [0.15, 0.2) is 5.65 Å². The number of anilines is 2. The number of nitrogens with zero attached hydrogens (tertiary/aromatic N) is 5. The number of hydrogen-bond acceptors (Lipinski definition) is 6. The van der Waals surface area contributed by atoms with Crippen molar-refractivity contribution in [2.45, 2.75) is 18.9 Å². The molecule has 2 saturated heterocycles. The first-order valence-electron chi connectivity index (χ1n) is 7.19. The summed E-state index contributed by atoms with van der Waals surface area (Å²) in [5.41, 5.74) is 0.731. The third-order valence-corrected chi connectivity index (χ3v) is 4.31. The molecule has 2 aromatic heterocycles. The van der Waals surface area contributed by atoms with E-state index in [4.69, 9.17) is 0 Å². The van der Waals surface area contributed by atoms with Gasteiger partial charge < -0.3 is 15.1 Å². The number of carbonyl (C=O) groups excluding carboxylic acids is 1. The van der Waals surface area contributed by atoms with E-state index < -0.39 is 0 Å². The molecule has 21 heavy (non-hydrogen) atoms. The zero-order chi connectivity index (χ0) is 14.4. The van der Waals surface area contributed by atoms with Crippen LogP contribution >= 0.6 is 0 Å². The van der Waals surface area contributed by atoms with Gasteiger partial charge in [-0.25, -0.2) is 0 Å². The van der Waals surface area contributed by atoms with Gasteiger partial charge in [-0.1, -0.05) is 0 Å². The van der Waals surface area contributed by atoms with Crippen LogP contribution < -0.4 is 10.2 Å². The number of fused-ring (bicyclic) bond motifs is 2. The zero-order valence-corrected chi connectivity index (χ0v) is 11.8. The van der Waals surface area contributed by atoms with Gasteiger partial charge in [0.25, 0.3) is 0 Å². The first-order valence-corrected chi connectivity index (χ1v) is 7.19. The van der Waals surface area contributed by atoms with Crippen LogP contribution in [0.5, 0.6) is 0 Å². The second-order valence-corrected chi connectivity index (χ2v) is 5.48. The van der Waals surface area contributed by atoms with Gasteiger partial charge in [0.2, 0.25) is 11.9 Å². The van der Waals surface area contributed by atoms with Crippen molar-refractivity contribution in [1.29, 1.82) is 0 Å². The number of H-pyrrole nitrogens is 1. The molecule has 2 aliphatic heterocycles. The Morgan fingerprint density at radius 2 is 2.29 bits per heavy atom. The average molecular weight is 287 g/mol. The minimum absolute atomic E-state index is 0.284.